The zero-order valence-electron chi connectivity index (χ0n) is 20.7. The lowest BCUT2D eigenvalue weighted by Gasteiger charge is -2.37. The van der Waals surface area contributed by atoms with Crippen LogP contribution in [0.2, 0.25) is 0 Å². The highest BCUT2D eigenvalue weighted by atomic mass is 16.6. The highest BCUT2D eigenvalue weighted by Crippen LogP contribution is 2.28. The minimum Gasteiger partial charge on any atom is -0.490 e. The van der Waals surface area contributed by atoms with Crippen LogP contribution < -0.4 is 4.74 Å². The number of amides is 2. The van der Waals surface area contributed by atoms with E-state index in [4.69, 9.17) is 18.9 Å². The molecule has 2 amide bonds. The molecule has 2 heterocycles. The third-order valence-corrected chi connectivity index (χ3v) is 6.81. The van der Waals surface area contributed by atoms with Crippen molar-refractivity contribution in [2.24, 2.45) is 5.92 Å². The summed E-state index contributed by atoms with van der Waals surface area (Å²) in [6.45, 7) is 2.80. The molecular weight excluding hydrogens is 438 g/mol. The van der Waals surface area contributed by atoms with Crippen molar-refractivity contribution in [2.45, 2.75) is 50.6 Å². The molecule has 0 aliphatic carbocycles. The van der Waals surface area contributed by atoms with Gasteiger partial charge in [0.15, 0.2) is 0 Å². The number of carbonyl (C=O) groups excluding carboxylic acids is 2. The topological polar surface area (TPSA) is 101 Å². The van der Waals surface area contributed by atoms with Gasteiger partial charge in [0, 0.05) is 41.4 Å². The summed E-state index contributed by atoms with van der Waals surface area (Å²) >= 11 is 0. The number of likely N-dealkylation sites (N-methyl/N-ethyl adjacent to an activating group) is 1. The van der Waals surface area contributed by atoms with Gasteiger partial charge in [0.1, 0.15) is 18.5 Å². The lowest BCUT2D eigenvalue weighted by atomic mass is 9.98. The fraction of sp³-hybridized carbons (Fsp3) is 0.640. The fourth-order valence-electron chi connectivity index (χ4n) is 4.58. The van der Waals surface area contributed by atoms with Crippen molar-refractivity contribution in [3.05, 3.63) is 29.3 Å². The van der Waals surface area contributed by atoms with Crippen molar-refractivity contribution < 1.29 is 28.5 Å². The number of nitriles is 1. The Balaban J connectivity index is 1.96. The van der Waals surface area contributed by atoms with Crippen molar-refractivity contribution in [3.63, 3.8) is 0 Å². The maximum absolute atomic E-state index is 13.4. The number of benzene rings is 1. The highest BCUT2D eigenvalue weighted by Gasteiger charge is 2.34. The lowest BCUT2D eigenvalue weighted by Crippen LogP contribution is -2.47. The van der Waals surface area contributed by atoms with Gasteiger partial charge in [0.25, 0.3) is 5.91 Å². The minimum atomic E-state index is -0.488. The summed E-state index contributed by atoms with van der Waals surface area (Å²) in [5.41, 5.74) is 0.636. The number of methoxy groups -OCH3 is 2. The molecule has 2 bridgehead atoms. The molecule has 3 rings (SSSR count). The van der Waals surface area contributed by atoms with Crippen molar-refractivity contribution in [1.82, 2.24) is 9.80 Å². The number of fused-ring (bicyclic) bond motifs is 3. The van der Waals surface area contributed by atoms with Crippen molar-refractivity contribution in [1.29, 1.82) is 5.26 Å². The van der Waals surface area contributed by atoms with Crippen molar-refractivity contribution >= 4 is 11.8 Å². The molecule has 0 aromatic heterocycles. The molecule has 1 fully saturated rings. The van der Waals surface area contributed by atoms with Gasteiger partial charge >= 0.3 is 0 Å². The normalized spacial score (nSPS) is 29.2. The summed E-state index contributed by atoms with van der Waals surface area (Å²) in [4.78, 5) is 29.7. The molecule has 0 N–H and O–H groups in total. The van der Waals surface area contributed by atoms with E-state index in [2.05, 4.69) is 6.07 Å². The molecule has 0 unspecified atom stereocenters. The van der Waals surface area contributed by atoms with Crippen LogP contribution in [-0.4, -0.2) is 94.0 Å². The first-order chi connectivity index (χ1) is 16.3. The van der Waals surface area contributed by atoms with Crippen LogP contribution in [0.25, 0.3) is 0 Å². The minimum absolute atomic E-state index is 0.0233. The van der Waals surface area contributed by atoms with E-state index in [0.29, 0.717) is 24.3 Å². The Morgan fingerprint density at radius 2 is 1.79 bits per heavy atom. The quantitative estimate of drug-likeness (QED) is 0.648. The highest BCUT2D eigenvalue weighted by molar-refractivity contribution is 5.97. The second kappa shape index (κ2) is 11.6. The monoisotopic (exact) mass is 473 g/mol. The Kier molecular flexibility index (Phi) is 8.89. The van der Waals surface area contributed by atoms with Crippen molar-refractivity contribution in [3.8, 4) is 11.8 Å². The molecule has 1 aromatic carbocycles. The van der Waals surface area contributed by atoms with Crippen LogP contribution in [0.3, 0.4) is 0 Å². The van der Waals surface area contributed by atoms with Gasteiger partial charge in [-0.1, -0.05) is 6.92 Å². The number of nitrogens with zero attached hydrogens (tertiary/aromatic N) is 3. The number of hydrogen-bond acceptors (Lipinski definition) is 7. The Bertz CT molecular complexity index is 916. The molecule has 1 aromatic rings. The maximum atomic E-state index is 13.4. The van der Waals surface area contributed by atoms with Crippen LogP contribution in [0.4, 0.5) is 0 Å². The summed E-state index contributed by atoms with van der Waals surface area (Å²) in [5, 5.41) is 9.36. The SMILES string of the molecule is CO[C@H]1CC[C@H]2CCN(C)C(=O)[C@@H](C)[C@@H](OC)CN(C)C(=O)c3cc(C#N)ccc3OC[C@@H]1O2. The Labute approximate surface area is 201 Å². The van der Waals surface area contributed by atoms with Gasteiger partial charge in [0.2, 0.25) is 5.91 Å². The number of ether oxygens (including phenoxy) is 4. The van der Waals surface area contributed by atoms with Crippen LogP contribution in [0.15, 0.2) is 18.2 Å². The summed E-state index contributed by atoms with van der Waals surface area (Å²) in [6.07, 6.45) is 1.40. The second-order valence-corrected chi connectivity index (χ2v) is 9.08. The number of hydrogen-bond donors (Lipinski definition) is 0. The molecule has 186 valence electrons. The van der Waals surface area contributed by atoms with E-state index in [1.807, 2.05) is 6.92 Å². The van der Waals surface area contributed by atoms with E-state index in [0.717, 1.165) is 12.8 Å². The molecule has 0 radical (unpaired) electrons. The molecule has 9 nitrogen and oxygen atoms in total. The van der Waals surface area contributed by atoms with Gasteiger partial charge in [-0.15, -0.1) is 0 Å². The van der Waals surface area contributed by atoms with Gasteiger partial charge in [-0.2, -0.15) is 5.26 Å². The molecular formula is C25H35N3O6. The Morgan fingerprint density at radius 1 is 1.06 bits per heavy atom. The molecule has 0 spiro atoms. The molecule has 34 heavy (non-hydrogen) atoms. The summed E-state index contributed by atoms with van der Waals surface area (Å²) in [7, 11) is 6.62. The van der Waals surface area contributed by atoms with Crippen LogP contribution in [0.5, 0.6) is 5.75 Å². The smallest absolute Gasteiger partial charge is 0.257 e. The summed E-state index contributed by atoms with van der Waals surface area (Å²) in [5.74, 6) is -0.434. The third-order valence-electron chi connectivity index (χ3n) is 6.81. The van der Waals surface area contributed by atoms with E-state index < -0.39 is 12.0 Å². The second-order valence-electron chi connectivity index (χ2n) is 9.08. The first-order valence-electron chi connectivity index (χ1n) is 11.7. The average molecular weight is 474 g/mol. The Morgan fingerprint density at radius 3 is 2.47 bits per heavy atom. The molecule has 2 aliphatic heterocycles. The zero-order valence-corrected chi connectivity index (χ0v) is 20.7. The largest absolute Gasteiger partial charge is 0.490 e. The molecule has 1 saturated heterocycles. The number of rotatable bonds is 2. The van der Waals surface area contributed by atoms with Crippen molar-refractivity contribution in [2.75, 3.05) is 48.0 Å². The van der Waals surface area contributed by atoms with E-state index in [-0.39, 0.29) is 48.8 Å². The van der Waals surface area contributed by atoms with Gasteiger partial charge in [-0.3, -0.25) is 9.59 Å². The van der Waals surface area contributed by atoms with E-state index in [9.17, 15) is 14.9 Å². The predicted octanol–water partition coefficient (Wildman–Crippen LogP) is 2.08. The van der Waals surface area contributed by atoms with Crippen LogP contribution in [0, 0.1) is 17.2 Å². The Hall–Kier alpha value is -2.67. The fourth-order valence-corrected chi connectivity index (χ4v) is 4.58. The lowest BCUT2D eigenvalue weighted by molar-refractivity contribution is -0.147. The number of carbonyl (C=O) groups is 2. The molecule has 9 heteroatoms. The van der Waals surface area contributed by atoms with Gasteiger partial charge in [0.05, 0.1) is 41.4 Å². The van der Waals surface area contributed by atoms with Gasteiger partial charge in [-0.05, 0) is 37.5 Å². The van der Waals surface area contributed by atoms with E-state index in [1.54, 1.807) is 38.2 Å². The van der Waals surface area contributed by atoms with Crippen LogP contribution >= 0.6 is 0 Å². The predicted molar refractivity (Wildman–Crippen MR) is 125 cm³/mol. The summed E-state index contributed by atoms with van der Waals surface area (Å²) in [6, 6.07) is 6.86. The zero-order chi connectivity index (χ0) is 24.8. The third kappa shape index (κ3) is 5.87. The van der Waals surface area contributed by atoms with E-state index in [1.165, 1.54) is 18.1 Å². The van der Waals surface area contributed by atoms with Gasteiger partial charge < -0.3 is 28.7 Å². The van der Waals surface area contributed by atoms with E-state index >= 15 is 0 Å². The molecule has 0 saturated carbocycles. The van der Waals surface area contributed by atoms with Crippen LogP contribution in [-0.2, 0) is 19.0 Å². The first kappa shape index (κ1) is 25.9. The summed E-state index contributed by atoms with van der Waals surface area (Å²) < 4.78 is 23.6. The van der Waals surface area contributed by atoms with Gasteiger partial charge in [-0.25, -0.2) is 0 Å². The first-order valence-corrected chi connectivity index (χ1v) is 11.7. The van der Waals surface area contributed by atoms with Crippen LogP contribution in [0.1, 0.15) is 42.1 Å². The molecule has 5 atom stereocenters. The average Bonchev–Trinajstić information content (AvgIpc) is 2.86. The standard InChI is InChI=1S/C25H35N3O6/c1-16-22(32-5)14-28(3)25(30)19-12-17(13-26)6-8-20(19)33-15-23-21(31-4)9-7-18(34-23)10-11-27(2)24(16)29/h6,8,12,16,18,21-23H,7,9-11,14-15H2,1-5H3/t16-,18-,21-,22-,23-/m0/s1. The maximum Gasteiger partial charge on any atom is 0.257 e. The molecule has 2 aliphatic rings.